The van der Waals surface area contributed by atoms with Crippen molar-refractivity contribution in [3.8, 4) is 11.3 Å². The highest BCUT2D eigenvalue weighted by Gasteiger charge is 2.05. The predicted octanol–water partition coefficient (Wildman–Crippen LogP) is 2.32. The van der Waals surface area contributed by atoms with E-state index in [2.05, 4.69) is 15.1 Å². The lowest BCUT2D eigenvalue weighted by molar-refractivity contribution is 0.660. The molecule has 0 atom stereocenters. The third-order valence-electron chi connectivity index (χ3n) is 2.06. The SMILES string of the molecule is CCn1cc(-c2cc(Cl)nc(C)n2)cn1. The molecule has 0 aromatic carbocycles. The molecule has 2 heterocycles. The molecule has 0 aliphatic heterocycles. The van der Waals surface area contributed by atoms with Crippen LogP contribution < -0.4 is 0 Å². The molecule has 0 saturated carbocycles. The summed E-state index contributed by atoms with van der Waals surface area (Å²) < 4.78 is 1.85. The number of aryl methyl sites for hydroxylation is 2. The molecular weight excluding hydrogens is 212 g/mol. The van der Waals surface area contributed by atoms with Gasteiger partial charge in [0.25, 0.3) is 0 Å². The Hall–Kier alpha value is -1.42. The minimum absolute atomic E-state index is 0.460. The van der Waals surface area contributed by atoms with Gasteiger partial charge in [0.15, 0.2) is 0 Å². The van der Waals surface area contributed by atoms with E-state index in [1.54, 1.807) is 12.3 Å². The first-order chi connectivity index (χ1) is 7.19. The first kappa shape index (κ1) is 10.1. The standard InChI is InChI=1S/C10H11ClN4/c1-3-15-6-8(5-12-15)9-4-10(11)14-7(2)13-9/h4-6H,3H2,1-2H3. The van der Waals surface area contributed by atoms with Gasteiger partial charge in [-0.2, -0.15) is 5.10 Å². The van der Waals surface area contributed by atoms with Gasteiger partial charge >= 0.3 is 0 Å². The molecule has 0 aliphatic rings. The molecule has 78 valence electrons. The molecule has 0 amide bonds. The smallest absolute Gasteiger partial charge is 0.133 e. The van der Waals surface area contributed by atoms with Gasteiger partial charge in [0.05, 0.1) is 11.9 Å². The lowest BCUT2D eigenvalue weighted by atomic mass is 10.2. The lowest BCUT2D eigenvalue weighted by Gasteiger charge is -1.98. The van der Waals surface area contributed by atoms with Crippen molar-refractivity contribution in [3.05, 3.63) is 29.4 Å². The topological polar surface area (TPSA) is 43.6 Å². The highest BCUT2D eigenvalue weighted by Crippen LogP contribution is 2.18. The zero-order valence-electron chi connectivity index (χ0n) is 8.61. The third-order valence-corrected chi connectivity index (χ3v) is 2.25. The molecule has 0 N–H and O–H groups in total. The van der Waals surface area contributed by atoms with Gasteiger partial charge in [-0.1, -0.05) is 11.6 Å². The van der Waals surface area contributed by atoms with Crippen molar-refractivity contribution in [3.63, 3.8) is 0 Å². The van der Waals surface area contributed by atoms with Crippen LogP contribution >= 0.6 is 11.6 Å². The highest BCUT2D eigenvalue weighted by molar-refractivity contribution is 6.29. The van der Waals surface area contributed by atoms with Crippen molar-refractivity contribution in [2.45, 2.75) is 20.4 Å². The van der Waals surface area contributed by atoms with E-state index < -0.39 is 0 Å². The van der Waals surface area contributed by atoms with Crippen LogP contribution in [0, 0.1) is 6.92 Å². The summed E-state index contributed by atoms with van der Waals surface area (Å²) in [7, 11) is 0. The molecule has 2 aromatic rings. The van der Waals surface area contributed by atoms with E-state index in [1.165, 1.54) is 0 Å². The normalized spacial score (nSPS) is 10.6. The van der Waals surface area contributed by atoms with Crippen LogP contribution in [0.25, 0.3) is 11.3 Å². The molecule has 2 rings (SSSR count). The zero-order valence-corrected chi connectivity index (χ0v) is 9.36. The van der Waals surface area contributed by atoms with Crippen LogP contribution in [0.2, 0.25) is 5.15 Å². The molecule has 0 bridgehead atoms. The van der Waals surface area contributed by atoms with Gasteiger partial charge in [-0.05, 0) is 13.8 Å². The molecule has 0 fully saturated rings. The van der Waals surface area contributed by atoms with Gasteiger partial charge in [-0.3, -0.25) is 4.68 Å². The van der Waals surface area contributed by atoms with Crippen molar-refractivity contribution in [1.29, 1.82) is 0 Å². The fraction of sp³-hybridized carbons (Fsp3) is 0.300. The molecule has 4 nitrogen and oxygen atoms in total. The average Bonchev–Trinajstić information content (AvgIpc) is 2.64. The summed E-state index contributed by atoms with van der Waals surface area (Å²) in [6.07, 6.45) is 3.72. The maximum absolute atomic E-state index is 5.86. The molecular formula is C10H11ClN4. The molecule has 0 unspecified atom stereocenters. The Kier molecular flexibility index (Phi) is 2.68. The fourth-order valence-corrected chi connectivity index (χ4v) is 1.57. The summed E-state index contributed by atoms with van der Waals surface area (Å²) in [5.41, 5.74) is 1.77. The van der Waals surface area contributed by atoms with Crippen LogP contribution in [0.15, 0.2) is 18.5 Å². The zero-order chi connectivity index (χ0) is 10.8. The Morgan fingerprint density at radius 3 is 2.80 bits per heavy atom. The van der Waals surface area contributed by atoms with Crippen LogP contribution in [0.3, 0.4) is 0 Å². The van der Waals surface area contributed by atoms with Gasteiger partial charge in [-0.25, -0.2) is 9.97 Å². The summed E-state index contributed by atoms with van der Waals surface area (Å²) in [6.45, 7) is 4.70. The second-order valence-corrected chi connectivity index (χ2v) is 3.60. The second-order valence-electron chi connectivity index (χ2n) is 3.21. The Morgan fingerprint density at radius 2 is 2.20 bits per heavy atom. The number of aromatic nitrogens is 4. The van der Waals surface area contributed by atoms with Crippen LogP contribution in [0.1, 0.15) is 12.7 Å². The predicted molar refractivity (Wildman–Crippen MR) is 58.7 cm³/mol. The summed E-state index contributed by atoms with van der Waals surface area (Å²) in [5, 5.41) is 4.64. The van der Waals surface area contributed by atoms with Crippen LogP contribution in [0.4, 0.5) is 0 Å². The number of hydrogen-bond donors (Lipinski definition) is 0. The van der Waals surface area contributed by atoms with Crippen molar-refractivity contribution in [2.75, 3.05) is 0 Å². The molecule has 0 saturated heterocycles. The molecule has 0 radical (unpaired) electrons. The third kappa shape index (κ3) is 2.15. The summed E-state index contributed by atoms with van der Waals surface area (Å²) >= 11 is 5.86. The van der Waals surface area contributed by atoms with E-state index in [0.29, 0.717) is 11.0 Å². The number of nitrogens with zero attached hydrogens (tertiary/aromatic N) is 4. The van der Waals surface area contributed by atoms with E-state index >= 15 is 0 Å². The summed E-state index contributed by atoms with van der Waals surface area (Å²) in [4.78, 5) is 8.32. The van der Waals surface area contributed by atoms with E-state index in [0.717, 1.165) is 17.8 Å². The van der Waals surface area contributed by atoms with E-state index in [-0.39, 0.29) is 0 Å². The van der Waals surface area contributed by atoms with Gasteiger partial charge < -0.3 is 0 Å². The Morgan fingerprint density at radius 1 is 1.40 bits per heavy atom. The molecule has 2 aromatic heterocycles. The Balaban J connectivity index is 2.44. The number of halogens is 1. The number of hydrogen-bond acceptors (Lipinski definition) is 3. The molecule has 0 aliphatic carbocycles. The molecule has 5 heteroatoms. The maximum Gasteiger partial charge on any atom is 0.133 e. The van der Waals surface area contributed by atoms with Crippen molar-refractivity contribution in [2.24, 2.45) is 0 Å². The first-order valence-electron chi connectivity index (χ1n) is 4.73. The molecule has 15 heavy (non-hydrogen) atoms. The lowest BCUT2D eigenvalue weighted by Crippen LogP contribution is -1.93. The summed E-state index contributed by atoms with van der Waals surface area (Å²) in [5.74, 6) is 0.668. The van der Waals surface area contributed by atoms with E-state index in [1.807, 2.05) is 24.7 Å². The van der Waals surface area contributed by atoms with Crippen LogP contribution in [-0.4, -0.2) is 19.7 Å². The Bertz CT molecular complexity index is 458. The minimum Gasteiger partial charge on any atom is -0.272 e. The quantitative estimate of drug-likeness (QED) is 0.733. The molecule has 0 spiro atoms. The van der Waals surface area contributed by atoms with Gasteiger partial charge in [0.1, 0.15) is 11.0 Å². The van der Waals surface area contributed by atoms with E-state index in [4.69, 9.17) is 11.6 Å². The van der Waals surface area contributed by atoms with Gasteiger partial charge in [0, 0.05) is 24.4 Å². The van der Waals surface area contributed by atoms with E-state index in [9.17, 15) is 0 Å². The monoisotopic (exact) mass is 222 g/mol. The Labute approximate surface area is 92.9 Å². The van der Waals surface area contributed by atoms with Crippen molar-refractivity contribution >= 4 is 11.6 Å². The average molecular weight is 223 g/mol. The number of rotatable bonds is 2. The largest absolute Gasteiger partial charge is 0.272 e. The summed E-state index contributed by atoms with van der Waals surface area (Å²) in [6, 6.07) is 1.74. The second kappa shape index (κ2) is 3.98. The maximum atomic E-state index is 5.86. The van der Waals surface area contributed by atoms with Crippen LogP contribution in [-0.2, 0) is 6.54 Å². The minimum atomic E-state index is 0.460. The van der Waals surface area contributed by atoms with Crippen molar-refractivity contribution in [1.82, 2.24) is 19.7 Å². The van der Waals surface area contributed by atoms with Gasteiger partial charge in [-0.15, -0.1) is 0 Å². The van der Waals surface area contributed by atoms with Crippen molar-refractivity contribution < 1.29 is 0 Å². The fourth-order valence-electron chi connectivity index (χ4n) is 1.35. The van der Waals surface area contributed by atoms with Crippen LogP contribution in [0.5, 0.6) is 0 Å². The van der Waals surface area contributed by atoms with Gasteiger partial charge in [0.2, 0.25) is 0 Å². The first-order valence-corrected chi connectivity index (χ1v) is 5.11. The highest BCUT2D eigenvalue weighted by atomic mass is 35.5.